The maximum atomic E-state index is 9.76. The van der Waals surface area contributed by atoms with Gasteiger partial charge < -0.3 is 14.2 Å². The van der Waals surface area contributed by atoms with E-state index in [1.807, 2.05) is 42.5 Å². The van der Waals surface area contributed by atoms with Gasteiger partial charge in [0.05, 0.1) is 19.2 Å². The van der Waals surface area contributed by atoms with Crippen molar-refractivity contribution in [3.05, 3.63) is 48.1 Å². The first-order chi connectivity index (χ1) is 11.6. The third kappa shape index (κ3) is 2.80. The van der Waals surface area contributed by atoms with Crippen LogP contribution >= 0.6 is 0 Å². The van der Waals surface area contributed by atoms with Crippen LogP contribution in [0.3, 0.4) is 0 Å². The van der Waals surface area contributed by atoms with Crippen LogP contribution in [0.4, 0.5) is 0 Å². The van der Waals surface area contributed by atoms with E-state index in [-0.39, 0.29) is 5.92 Å². The fourth-order valence-corrected chi connectivity index (χ4v) is 2.99. The molecule has 24 heavy (non-hydrogen) atoms. The molecule has 1 aliphatic carbocycles. The van der Waals surface area contributed by atoms with E-state index in [1.54, 1.807) is 13.2 Å². The number of methoxy groups -OCH3 is 3. The van der Waals surface area contributed by atoms with Crippen molar-refractivity contribution in [2.45, 2.75) is 12.2 Å². The molecule has 1 aliphatic rings. The molecular formula is C19H20N2O3. The van der Waals surface area contributed by atoms with Crippen LogP contribution < -0.4 is 4.74 Å². The maximum absolute atomic E-state index is 9.76. The zero-order valence-electron chi connectivity index (χ0n) is 14.0. The predicted octanol–water partition coefficient (Wildman–Crippen LogP) is 3.31. The van der Waals surface area contributed by atoms with Crippen molar-refractivity contribution in [1.29, 1.82) is 10.5 Å². The van der Waals surface area contributed by atoms with E-state index in [0.717, 1.165) is 11.3 Å². The number of nitrogens with zero attached hydrogens (tertiary/aromatic N) is 2. The highest BCUT2D eigenvalue weighted by atomic mass is 16.7. The lowest BCUT2D eigenvalue weighted by molar-refractivity contribution is -0.223. The van der Waals surface area contributed by atoms with Crippen molar-refractivity contribution in [1.82, 2.24) is 0 Å². The molecule has 0 fully saturated rings. The normalized spacial score (nSPS) is 21.1. The van der Waals surface area contributed by atoms with E-state index >= 15 is 0 Å². The summed E-state index contributed by atoms with van der Waals surface area (Å²) < 4.78 is 16.0. The molecule has 5 heteroatoms. The number of ether oxygens (including phenoxy) is 3. The van der Waals surface area contributed by atoms with E-state index in [2.05, 4.69) is 12.1 Å². The lowest BCUT2D eigenvalue weighted by atomic mass is 9.66. The van der Waals surface area contributed by atoms with Gasteiger partial charge in [0.15, 0.2) is 0 Å². The zero-order valence-corrected chi connectivity index (χ0v) is 14.0. The Labute approximate surface area is 142 Å². The molecule has 0 saturated carbocycles. The zero-order chi connectivity index (χ0) is 17.6. The second kappa shape index (κ2) is 7.31. The third-order valence-electron chi connectivity index (χ3n) is 4.43. The molecule has 0 spiro atoms. The summed E-state index contributed by atoms with van der Waals surface area (Å²) in [5.41, 5.74) is -0.510. The number of benzene rings is 1. The summed E-state index contributed by atoms with van der Waals surface area (Å²) >= 11 is 0. The molecule has 0 bridgehead atoms. The summed E-state index contributed by atoms with van der Waals surface area (Å²) in [6, 6.07) is 11.8. The number of nitriles is 2. The van der Waals surface area contributed by atoms with Gasteiger partial charge in [-0.3, -0.25) is 0 Å². The largest absolute Gasteiger partial charge is 0.497 e. The first-order valence-electron chi connectivity index (χ1n) is 7.54. The molecule has 1 atom stereocenters. The van der Waals surface area contributed by atoms with E-state index in [1.165, 1.54) is 14.2 Å². The topological polar surface area (TPSA) is 75.3 Å². The highest BCUT2D eigenvalue weighted by Gasteiger charge is 2.58. The molecule has 0 amide bonds. The minimum absolute atomic E-state index is 0.362. The maximum Gasteiger partial charge on any atom is 0.220 e. The monoisotopic (exact) mass is 324 g/mol. The van der Waals surface area contributed by atoms with Gasteiger partial charge in [-0.1, -0.05) is 30.4 Å². The predicted molar refractivity (Wildman–Crippen MR) is 89.7 cm³/mol. The minimum Gasteiger partial charge on any atom is -0.497 e. The van der Waals surface area contributed by atoms with Crippen LogP contribution in [-0.4, -0.2) is 27.1 Å². The van der Waals surface area contributed by atoms with Crippen LogP contribution in [0.1, 0.15) is 12.0 Å². The van der Waals surface area contributed by atoms with Gasteiger partial charge in [0.25, 0.3) is 0 Å². The Bertz CT molecular complexity index is 690. The summed E-state index contributed by atoms with van der Waals surface area (Å²) in [5.74, 6) is -0.975. The van der Waals surface area contributed by atoms with Crippen LogP contribution in [0.25, 0.3) is 6.08 Å². The van der Waals surface area contributed by atoms with Crippen molar-refractivity contribution in [2.75, 3.05) is 21.3 Å². The molecule has 124 valence electrons. The van der Waals surface area contributed by atoms with Crippen molar-refractivity contribution < 1.29 is 14.2 Å². The summed E-state index contributed by atoms with van der Waals surface area (Å²) in [7, 11) is 4.49. The van der Waals surface area contributed by atoms with Gasteiger partial charge in [-0.25, -0.2) is 0 Å². The van der Waals surface area contributed by atoms with Crippen molar-refractivity contribution in [2.24, 2.45) is 11.3 Å². The highest BCUT2D eigenvalue weighted by molar-refractivity contribution is 5.52. The van der Waals surface area contributed by atoms with Gasteiger partial charge >= 0.3 is 0 Å². The average molecular weight is 324 g/mol. The van der Waals surface area contributed by atoms with Gasteiger partial charge in [0.2, 0.25) is 11.2 Å². The van der Waals surface area contributed by atoms with Crippen LogP contribution in [-0.2, 0) is 9.47 Å². The Morgan fingerprint density at radius 2 is 1.71 bits per heavy atom. The number of hydrogen-bond donors (Lipinski definition) is 0. The van der Waals surface area contributed by atoms with Crippen molar-refractivity contribution in [3.63, 3.8) is 0 Å². The minimum atomic E-state index is -1.46. The van der Waals surface area contributed by atoms with E-state index < -0.39 is 11.2 Å². The van der Waals surface area contributed by atoms with E-state index in [4.69, 9.17) is 14.2 Å². The Balaban J connectivity index is 2.38. The number of allylic oxidation sites excluding steroid dienone is 2. The van der Waals surface area contributed by atoms with Gasteiger partial charge in [-0.15, -0.1) is 0 Å². The van der Waals surface area contributed by atoms with Gasteiger partial charge in [0.1, 0.15) is 5.75 Å². The number of hydrogen-bond acceptors (Lipinski definition) is 5. The van der Waals surface area contributed by atoms with Gasteiger partial charge in [-0.05, 0) is 30.2 Å². The fraction of sp³-hybridized carbons (Fsp3) is 0.368. The molecule has 0 aromatic heterocycles. The summed E-state index contributed by atoms with van der Waals surface area (Å²) in [5, 5.41) is 19.5. The molecule has 2 rings (SSSR count). The van der Waals surface area contributed by atoms with Crippen LogP contribution in [0.2, 0.25) is 0 Å². The van der Waals surface area contributed by atoms with Crippen molar-refractivity contribution >= 4 is 6.08 Å². The molecule has 5 nitrogen and oxygen atoms in total. The first kappa shape index (κ1) is 17.7. The van der Waals surface area contributed by atoms with Crippen LogP contribution in [0.5, 0.6) is 5.75 Å². The first-order valence-corrected chi connectivity index (χ1v) is 7.54. The molecule has 0 saturated heterocycles. The Morgan fingerprint density at radius 1 is 1.08 bits per heavy atom. The van der Waals surface area contributed by atoms with E-state index in [9.17, 15) is 10.5 Å². The van der Waals surface area contributed by atoms with Crippen molar-refractivity contribution in [3.8, 4) is 17.9 Å². The lowest BCUT2D eigenvalue weighted by Crippen LogP contribution is -2.53. The smallest absolute Gasteiger partial charge is 0.220 e. The van der Waals surface area contributed by atoms with Gasteiger partial charge in [-0.2, -0.15) is 10.5 Å². The fourth-order valence-electron chi connectivity index (χ4n) is 2.99. The molecule has 1 aromatic rings. The molecule has 0 unspecified atom stereocenters. The Morgan fingerprint density at radius 3 is 2.21 bits per heavy atom. The molecule has 0 aliphatic heterocycles. The Kier molecular flexibility index (Phi) is 5.41. The lowest BCUT2D eigenvalue weighted by Gasteiger charge is -2.43. The second-order valence-electron chi connectivity index (χ2n) is 5.48. The summed E-state index contributed by atoms with van der Waals surface area (Å²) in [6.07, 6.45) is 7.84. The quantitative estimate of drug-likeness (QED) is 0.613. The second-order valence-corrected chi connectivity index (χ2v) is 5.48. The molecular weight excluding hydrogens is 304 g/mol. The molecule has 0 radical (unpaired) electrons. The van der Waals surface area contributed by atoms with E-state index in [0.29, 0.717) is 6.42 Å². The molecule has 0 heterocycles. The standard InChI is InChI=1S/C19H20N2O3/c1-22-17-10-7-15(8-11-17)6-9-16-5-4-12-19(23-2,24-3)18(16,13-20)14-21/h4,6-12,16H,5H2,1-3H3/b9-6-/t16-/m0/s1. The number of rotatable bonds is 5. The Hall–Kier alpha value is -2.60. The average Bonchev–Trinajstić information content (AvgIpc) is 2.66. The van der Waals surface area contributed by atoms with Gasteiger partial charge in [0, 0.05) is 20.1 Å². The van der Waals surface area contributed by atoms with Crippen LogP contribution in [0.15, 0.2) is 42.5 Å². The van der Waals surface area contributed by atoms with Crippen LogP contribution in [0, 0.1) is 34.0 Å². The molecule has 1 aromatic carbocycles. The summed E-state index contributed by atoms with van der Waals surface area (Å²) in [6.45, 7) is 0. The molecule has 0 N–H and O–H groups in total. The highest BCUT2D eigenvalue weighted by Crippen LogP contribution is 2.47. The third-order valence-corrected chi connectivity index (χ3v) is 4.43. The SMILES string of the molecule is COc1ccc(/C=C\[C@@H]2CC=CC(OC)(OC)C2(C#N)C#N)cc1. The summed E-state index contributed by atoms with van der Waals surface area (Å²) in [4.78, 5) is 0.